The van der Waals surface area contributed by atoms with Gasteiger partial charge in [0.05, 0.1) is 12.3 Å². The summed E-state index contributed by atoms with van der Waals surface area (Å²) in [6.07, 6.45) is 1.19. The highest BCUT2D eigenvalue weighted by Crippen LogP contribution is 2.36. The van der Waals surface area contributed by atoms with Crippen LogP contribution in [0, 0.1) is 0 Å². The number of nitrogen functional groups attached to an aromatic ring is 1. The molecule has 0 saturated carbocycles. The lowest BCUT2D eigenvalue weighted by Gasteiger charge is -2.08. The van der Waals surface area contributed by atoms with Gasteiger partial charge in [-0.1, -0.05) is 0 Å². The Kier molecular flexibility index (Phi) is 3.69. The standard InChI is InChI=1S/C11H15NO2.ClH/c1-3-13-11-5-8-4-7(2)14-10(8)6-9(11)12;/h5-7H,3-4,12H2,1-2H3;1H. The fraction of sp³-hybridized carbons (Fsp3) is 0.455. The van der Waals surface area contributed by atoms with Gasteiger partial charge in [-0.05, 0) is 19.9 Å². The molecule has 0 aromatic heterocycles. The maximum absolute atomic E-state index is 5.82. The van der Waals surface area contributed by atoms with Gasteiger partial charge in [0.25, 0.3) is 0 Å². The van der Waals surface area contributed by atoms with Crippen LogP contribution < -0.4 is 15.2 Å². The molecule has 0 amide bonds. The number of benzene rings is 1. The van der Waals surface area contributed by atoms with Crippen LogP contribution in [0.3, 0.4) is 0 Å². The molecule has 0 fully saturated rings. The molecule has 1 aromatic carbocycles. The number of halogens is 1. The highest BCUT2D eigenvalue weighted by molar-refractivity contribution is 5.85. The van der Waals surface area contributed by atoms with E-state index in [1.54, 1.807) is 0 Å². The van der Waals surface area contributed by atoms with Crippen molar-refractivity contribution >= 4 is 18.1 Å². The number of hydrogen-bond donors (Lipinski definition) is 1. The minimum absolute atomic E-state index is 0. The fourth-order valence-corrected chi connectivity index (χ4v) is 1.74. The van der Waals surface area contributed by atoms with Crippen molar-refractivity contribution in [2.24, 2.45) is 0 Å². The second-order valence-corrected chi connectivity index (χ2v) is 3.56. The zero-order valence-corrected chi connectivity index (χ0v) is 9.76. The SMILES string of the molecule is CCOc1cc2c(cc1N)OC(C)C2.Cl. The quantitative estimate of drug-likeness (QED) is 0.793. The van der Waals surface area contributed by atoms with Crippen molar-refractivity contribution < 1.29 is 9.47 Å². The molecule has 1 aliphatic rings. The predicted octanol–water partition coefficient (Wildman–Crippen LogP) is 2.41. The van der Waals surface area contributed by atoms with Crippen LogP contribution in [0.4, 0.5) is 5.69 Å². The molecule has 3 nitrogen and oxygen atoms in total. The van der Waals surface area contributed by atoms with E-state index in [-0.39, 0.29) is 18.5 Å². The third kappa shape index (κ3) is 2.29. The Labute approximate surface area is 96.0 Å². The number of hydrogen-bond acceptors (Lipinski definition) is 3. The van der Waals surface area contributed by atoms with Gasteiger partial charge in [-0.15, -0.1) is 12.4 Å². The molecule has 2 rings (SSSR count). The number of ether oxygens (including phenoxy) is 2. The Balaban J connectivity index is 0.00000112. The number of nitrogens with two attached hydrogens (primary N) is 1. The lowest BCUT2D eigenvalue weighted by Crippen LogP contribution is -2.05. The van der Waals surface area contributed by atoms with Crippen LogP contribution in [0.15, 0.2) is 12.1 Å². The van der Waals surface area contributed by atoms with Crippen LogP contribution in [0.1, 0.15) is 19.4 Å². The Hall–Kier alpha value is -1.09. The maximum Gasteiger partial charge on any atom is 0.142 e. The number of fused-ring (bicyclic) bond motifs is 1. The molecule has 0 radical (unpaired) electrons. The van der Waals surface area contributed by atoms with Crippen molar-refractivity contribution in [3.8, 4) is 11.5 Å². The van der Waals surface area contributed by atoms with E-state index in [4.69, 9.17) is 15.2 Å². The fourth-order valence-electron chi connectivity index (χ4n) is 1.74. The van der Waals surface area contributed by atoms with Gasteiger partial charge in [-0.25, -0.2) is 0 Å². The first-order valence-electron chi connectivity index (χ1n) is 4.92. The number of rotatable bonds is 2. The average molecular weight is 230 g/mol. The Morgan fingerprint density at radius 3 is 2.93 bits per heavy atom. The molecule has 1 unspecified atom stereocenters. The minimum atomic E-state index is 0. The molecule has 4 heteroatoms. The summed E-state index contributed by atoms with van der Waals surface area (Å²) in [7, 11) is 0. The second kappa shape index (κ2) is 4.62. The van der Waals surface area contributed by atoms with E-state index in [0.29, 0.717) is 12.3 Å². The smallest absolute Gasteiger partial charge is 0.142 e. The van der Waals surface area contributed by atoms with Crippen molar-refractivity contribution in [1.82, 2.24) is 0 Å². The molecule has 0 spiro atoms. The third-order valence-corrected chi connectivity index (χ3v) is 2.33. The topological polar surface area (TPSA) is 44.5 Å². The average Bonchev–Trinajstić information content (AvgIpc) is 2.45. The van der Waals surface area contributed by atoms with Crippen LogP contribution in [0.2, 0.25) is 0 Å². The first-order valence-corrected chi connectivity index (χ1v) is 4.92. The summed E-state index contributed by atoms with van der Waals surface area (Å²) in [4.78, 5) is 0. The molecule has 1 atom stereocenters. The molecule has 84 valence electrons. The predicted molar refractivity (Wildman–Crippen MR) is 63.1 cm³/mol. The minimum Gasteiger partial charge on any atom is -0.492 e. The molecule has 0 bridgehead atoms. The van der Waals surface area contributed by atoms with Gasteiger partial charge in [0.1, 0.15) is 17.6 Å². The van der Waals surface area contributed by atoms with Crippen molar-refractivity contribution in [2.75, 3.05) is 12.3 Å². The first-order chi connectivity index (χ1) is 6.70. The normalized spacial score (nSPS) is 17.6. The van der Waals surface area contributed by atoms with Crippen LogP contribution in [0.25, 0.3) is 0 Å². The Morgan fingerprint density at radius 2 is 2.27 bits per heavy atom. The molecular formula is C11H16ClNO2. The van der Waals surface area contributed by atoms with E-state index in [1.807, 2.05) is 19.1 Å². The molecular weight excluding hydrogens is 214 g/mol. The van der Waals surface area contributed by atoms with Gasteiger partial charge in [-0.3, -0.25) is 0 Å². The van der Waals surface area contributed by atoms with E-state index >= 15 is 0 Å². The molecule has 2 N–H and O–H groups in total. The first kappa shape index (κ1) is 12.0. The number of anilines is 1. The van der Waals surface area contributed by atoms with Crippen molar-refractivity contribution in [3.63, 3.8) is 0 Å². The molecule has 0 aliphatic carbocycles. The summed E-state index contributed by atoms with van der Waals surface area (Å²) in [5.74, 6) is 1.67. The van der Waals surface area contributed by atoms with E-state index in [2.05, 4.69) is 6.92 Å². The highest BCUT2D eigenvalue weighted by Gasteiger charge is 2.20. The summed E-state index contributed by atoms with van der Waals surface area (Å²) in [5.41, 5.74) is 7.66. The van der Waals surface area contributed by atoms with Gasteiger partial charge in [-0.2, -0.15) is 0 Å². The lowest BCUT2D eigenvalue weighted by molar-refractivity contribution is 0.254. The lowest BCUT2D eigenvalue weighted by atomic mass is 10.1. The van der Waals surface area contributed by atoms with Crippen LogP contribution >= 0.6 is 12.4 Å². The summed E-state index contributed by atoms with van der Waals surface area (Å²) >= 11 is 0. The molecule has 1 aliphatic heterocycles. The van der Waals surface area contributed by atoms with E-state index in [0.717, 1.165) is 17.9 Å². The zero-order chi connectivity index (χ0) is 10.1. The highest BCUT2D eigenvalue weighted by atomic mass is 35.5. The van der Waals surface area contributed by atoms with Crippen molar-refractivity contribution in [3.05, 3.63) is 17.7 Å². The van der Waals surface area contributed by atoms with Crippen LogP contribution in [-0.4, -0.2) is 12.7 Å². The molecule has 0 saturated heterocycles. The van der Waals surface area contributed by atoms with Crippen molar-refractivity contribution in [1.29, 1.82) is 0 Å². The van der Waals surface area contributed by atoms with E-state index < -0.39 is 0 Å². The van der Waals surface area contributed by atoms with Gasteiger partial charge in [0.2, 0.25) is 0 Å². The Morgan fingerprint density at radius 1 is 1.53 bits per heavy atom. The monoisotopic (exact) mass is 229 g/mol. The van der Waals surface area contributed by atoms with E-state index in [1.165, 1.54) is 5.56 Å². The van der Waals surface area contributed by atoms with Crippen LogP contribution in [0.5, 0.6) is 11.5 Å². The molecule has 1 aromatic rings. The summed E-state index contributed by atoms with van der Waals surface area (Å²) in [6, 6.07) is 3.83. The van der Waals surface area contributed by atoms with Gasteiger partial charge < -0.3 is 15.2 Å². The largest absolute Gasteiger partial charge is 0.492 e. The maximum atomic E-state index is 5.82. The summed E-state index contributed by atoms with van der Waals surface area (Å²) in [5, 5.41) is 0. The summed E-state index contributed by atoms with van der Waals surface area (Å²) in [6.45, 7) is 4.64. The summed E-state index contributed by atoms with van der Waals surface area (Å²) < 4.78 is 11.0. The third-order valence-electron chi connectivity index (χ3n) is 2.33. The van der Waals surface area contributed by atoms with Gasteiger partial charge in [0, 0.05) is 18.1 Å². The van der Waals surface area contributed by atoms with E-state index in [9.17, 15) is 0 Å². The second-order valence-electron chi connectivity index (χ2n) is 3.56. The van der Waals surface area contributed by atoms with Crippen LogP contribution in [-0.2, 0) is 6.42 Å². The Bertz CT molecular complexity index is 354. The van der Waals surface area contributed by atoms with Gasteiger partial charge >= 0.3 is 0 Å². The van der Waals surface area contributed by atoms with Gasteiger partial charge in [0.15, 0.2) is 0 Å². The molecule has 15 heavy (non-hydrogen) atoms. The zero-order valence-electron chi connectivity index (χ0n) is 8.95. The molecule has 1 heterocycles. The van der Waals surface area contributed by atoms with Crippen molar-refractivity contribution in [2.45, 2.75) is 26.4 Å².